The van der Waals surface area contributed by atoms with E-state index in [1.165, 1.54) is 25.7 Å². The van der Waals surface area contributed by atoms with Gasteiger partial charge in [-0.05, 0) is 49.3 Å². The van der Waals surface area contributed by atoms with Crippen LogP contribution in [0.25, 0.3) is 21.8 Å². The van der Waals surface area contributed by atoms with E-state index < -0.39 is 0 Å². The van der Waals surface area contributed by atoms with E-state index in [9.17, 15) is 0 Å². The molecule has 122 valence electrons. The smallest absolute Gasteiger partial charge is 0.173 e. The molecule has 0 unspecified atom stereocenters. The van der Waals surface area contributed by atoms with Crippen LogP contribution in [0.4, 0.5) is 5.69 Å². The molecule has 1 aliphatic heterocycles. The zero-order chi connectivity index (χ0) is 16.4. The summed E-state index contributed by atoms with van der Waals surface area (Å²) >= 11 is 5.67. The summed E-state index contributed by atoms with van der Waals surface area (Å²) in [7, 11) is 0. The first kappa shape index (κ1) is 15.3. The number of hydrogen-bond acceptors (Lipinski definition) is 3. The normalized spacial score (nSPS) is 15.4. The summed E-state index contributed by atoms with van der Waals surface area (Å²) in [6.45, 7) is 2.07. The van der Waals surface area contributed by atoms with Gasteiger partial charge in [0, 0.05) is 36.3 Å². The zero-order valence-electron chi connectivity index (χ0n) is 13.5. The molecule has 24 heavy (non-hydrogen) atoms. The molecule has 0 bridgehead atoms. The first-order valence-electron chi connectivity index (χ1n) is 8.51. The van der Waals surface area contributed by atoms with Gasteiger partial charge in [-0.2, -0.15) is 0 Å². The summed E-state index contributed by atoms with van der Waals surface area (Å²) in [5.41, 5.74) is 2.85. The fraction of sp³-hybridized carbons (Fsp3) is 0.316. The van der Waals surface area contributed by atoms with Crippen LogP contribution in [0.5, 0.6) is 0 Å². The summed E-state index contributed by atoms with van der Waals surface area (Å²) in [6, 6.07) is 10.2. The topological polar surface area (TPSA) is 41.1 Å². The molecule has 4 nitrogen and oxygen atoms in total. The van der Waals surface area contributed by atoms with Crippen molar-refractivity contribution < 1.29 is 0 Å². The molecule has 3 heterocycles. The Hall–Kier alpha value is -2.27. The van der Waals surface area contributed by atoms with Crippen LogP contribution in [0.3, 0.4) is 0 Å². The number of pyridine rings is 2. The lowest BCUT2D eigenvalue weighted by Crippen LogP contribution is -2.35. The van der Waals surface area contributed by atoms with Gasteiger partial charge in [0.1, 0.15) is 0 Å². The predicted octanol–water partition coefficient (Wildman–Crippen LogP) is 4.36. The van der Waals surface area contributed by atoms with E-state index in [0.29, 0.717) is 0 Å². The van der Waals surface area contributed by atoms with Crippen LogP contribution in [0, 0.1) is 0 Å². The van der Waals surface area contributed by atoms with Crippen LogP contribution in [0.2, 0.25) is 0 Å². The highest BCUT2D eigenvalue weighted by Crippen LogP contribution is 2.29. The predicted molar refractivity (Wildman–Crippen MR) is 103 cm³/mol. The van der Waals surface area contributed by atoms with E-state index in [1.807, 2.05) is 24.5 Å². The fourth-order valence-electron chi connectivity index (χ4n) is 3.36. The minimum Gasteiger partial charge on any atom is -0.349 e. The van der Waals surface area contributed by atoms with Crippen LogP contribution in [0.15, 0.2) is 42.7 Å². The third kappa shape index (κ3) is 2.91. The minimum absolute atomic E-state index is 0.798. The molecule has 5 heteroatoms. The average Bonchev–Trinajstić information content (AvgIpc) is 2.91. The highest BCUT2D eigenvalue weighted by Gasteiger charge is 2.15. The Morgan fingerprint density at radius 1 is 0.958 bits per heavy atom. The van der Waals surface area contributed by atoms with Crippen LogP contribution >= 0.6 is 12.2 Å². The molecule has 1 aromatic carbocycles. The third-order valence-corrected chi connectivity index (χ3v) is 4.95. The lowest BCUT2D eigenvalue weighted by atomic mass is 10.1. The number of thiocarbonyl (C=S) groups is 1. The highest BCUT2D eigenvalue weighted by molar-refractivity contribution is 7.80. The quantitative estimate of drug-likeness (QED) is 0.528. The second-order valence-corrected chi connectivity index (χ2v) is 6.62. The summed E-state index contributed by atoms with van der Waals surface area (Å²) in [6.07, 6.45) is 8.66. The minimum atomic E-state index is 0.798. The van der Waals surface area contributed by atoms with Gasteiger partial charge >= 0.3 is 0 Å². The van der Waals surface area contributed by atoms with Crippen LogP contribution in [0.1, 0.15) is 25.7 Å². The zero-order valence-corrected chi connectivity index (χ0v) is 14.4. The number of fused-ring (bicyclic) bond motifs is 3. The number of rotatable bonds is 1. The Labute approximate surface area is 146 Å². The summed E-state index contributed by atoms with van der Waals surface area (Å²) in [4.78, 5) is 11.4. The van der Waals surface area contributed by atoms with Crippen molar-refractivity contribution in [2.24, 2.45) is 0 Å². The van der Waals surface area contributed by atoms with Crippen molar-refractivity contribution >= 4 is 44.8 Å². The molecule has 1 saturated heterocycles. The molecule has 0 saturated carbocycles. The van der Waals surface area contributed by atoms with Gasteiger partial charge in [0.15, 0.2) is 5.11 Å². The van der Waals surface area contributed by atoms with E-state index >= 15 is 0 Å². The number of benzene rings is 1. The van der Waals surface area contributed by atoms with Gasteiger partial charge in [-0.3, -0.25) is 9.97 Å². The average molecular weight is 336 g/mol. The molecule has 3 aromatic rings. The van der Waals surface area contributed by atoms with Gasteiger partial charge in [0.25, 0.3) is 0 Å². The molecule has 0 amide bonds. The van der Waals surface area contributed by atoms with Gasteiger partial charge in [0.05, 0.1) is 16.7 Å². The fourth-order valence-corrected chi connectivity index (χ4v) is 3.65. The highest BCUT2D eigenvalue weighted by atomic mass is 32.1. The van der Waals surface area contributed by atoms with Gasteiger partial charge in [0.2, 0.25) is 0 Å². The number of nitrogens with one attached hydrogen (secondary N) is 1. The summed E-state index contributed by atoms with van der Waals surface area (Å²) < 4.78 is 0. The van der Waals surface area contributed by atoms with Crippen molar-refractivity contribution in [3.05, 3.63) is 42.7 Å². The first-order valence-corrected chi connectivity index (χ1v) is 8.92. The van der Waals surface area contributed by atoms with Crippen molar-refractivity contribution in [1.82, 2.24) is 14.9 Å². The molecule has 0 atom stereocenters. The third-order valence-electron chi connectivity index (χ3n) is 4.59. The maximum Gasteiger partial charge on any atom is 0.173 e. The standard InChI is InChI=1S/C19H20N4S/c24-19(23-11-3-1-2-4-12-23)22-16-13-14-7-5-9-20-17(14)15-8-6-10-21-18(15)16/h5-10,13H,1-4,11-12H2,(H,22,24). The van der Waals surface area contributed by atoms with Crippen LogP contribution < -0.4 is 5.32 Å². The largest absolute Gasteiger partial charge is 0.349 e. The van der Waals surface area contributed by atoms with E-state index in [2.05, 4.69) is 38.4 Å². The maximum absolute atomic E-state index is 5.67. The van der Waals surface area contributed by atoms with Gasteiger partial charge in [-0.15, -0.1) is 0 Å². The molecule has 1 aliphatic rings. The molecule has 0 spiro atoms. The Balaban J connectivity index is 1.73. The molecular formula is C19H20N4S. The number of nitrogens with zero attached hydrogens (tertiary/aromatic N) is 3. The van der Waals surface area contributed by atoms with E-state index in [1.54, 1.807) is 0 Å². The molecule has 2 aromatic heterocycles. The van der Waals surface area contributed by atoms with Crippen LogP contribution in [-0.2, 0) is 0 Å². The van der Waals surface area contributed by atoms with Gasteiger partial charge < -0.3 is 10.2 Å². The molecular weight excluding hydrogens is 316 g/mol. The number of aromatic nitrogens is 2. The van der Waals surface area contributed by atoms with Crippen molar-refractivity contribution in [3.8, 4) is 0 Å². The van der Waals surface area contributed by atoms with Gasteiger partial charge in [-0.1, -0.05) is 18.9 Å². The van der Waals surface area contributed by atoms with E-state index in [0.717, 1.165) is 45.7 Å². The van der Waals surface area contributed by atoms with E-state index in [4.69, 9.17) is 12.2 Å². The molecule has 1 fully saturated rings. The van der Waals surface area contributed by atoms with Crippen molar-refractivity contribution in [2.45, 2.75) is 25.7 Å². The van der Waals surface area contributed by atoms with E-state index in [-0.39, 0.29) is 0 Å². The number of hydrogen-bond donors (Lipinski definition) is 1. The monoisotopic (exact) mass is 336 g/mol. The molecule has 0 radical (unpaired) electrons. The molecule has 1 N–H and O–H groups in total. The van der Waals surface area contributed by atoms with Crippen LogP contribution in [-0.4, -0.2) is 33.1 Å². The SMILES string of the molecule is S=C(Nc1cc2cccnc2c2cccnc12)N1CCCCCC1. The Morgan fingerprint density at radius 2 is 1.67 bits per heavy atom. The molecule has 4 rings (SSSR count). The lowest BCUT2D eigenvalue weighted by molar-refractivity contribution is 0.441. The second kappa shape index (κ2) is 6.69. The first-order chi connectivity index (χ1) is 11.8. The van der Waals surface area contributed by atoms with Crippen molar-refractivity contribution in [3.63, 3.8) is 0 Å². The lowest BCUT2D eigenvalue weighted by Gasteiger charge is -2.24. The van der Waals surface area contributed by atoms with Gasteiger partial charge in [-0.25, -0.2) is 0 Å². The number of anilines is 1. The summed E-state index contributed by atoms with van der Waals surface area (Å²) in [5.74, 6) is 0. The van der Waals surface area contributed by atoms with Crippen molar-refractivity contribution in [1.29, 1.82) is 0 Å². The molecule has 0 aliphatic carbocycles. The Kier molecular flexibility index (Phi) is 4.26. The maximum atomic E-state index is 5.67. The second-order valence-electron chi connectivity index (χ2n) is 6.23. The Bertz CT molecular complexity index is 885. The Morgan fingerprint density at radius 3 is 2.46 bits per heavy atom. The summed E-state index contributed by atoms with van der Waals surface area (Å²) in [5, 5.41) is 6.39. The number of likely N-dealkylation sites (tertiary alicyclic amines) is 1. The van der Waals surface area contributed by atoms with Crippen molar-refractivity contribution in [2.75, 3.05) is 18.4 Å².